The first-order valence-electron chi connectivity index (χ1n) is 6.76. The van der Waals surface area contributed by atoms with E-state index >= 15 is 0 Å². The molecule has 0 aromatic rings. The molecule has 0 heterocycles. The normalized spacial score (nSPS) is 18.8. The van der Waals surface area contributed by atoms with Crippen molar-refractivity contribution in [2.75, 3.05) is 33.4 Å². The molecule has 3 heteroatoms. The molecule has 96 valence electrons. The number of ether oxygens (including phenoxy) is 1. The van der Waals surface area contributed by atoms with Gasteiger partial charge in [-0.25, -0.2) is 0 Å². The summed E-state index contributed by atoms with van der Waals surface area (Å²) in [4.78, 5) is 2.53. The molecule has 16 heavy (non-hydrogen) atoms. The van der Waals surface area contributed by atoms with Gasteiger partial charge in [-0.3, -0.25) is 4.90 Å². The van der Waals surface area contributed by atoms with Gasteiger partial charge < -0.3 is 10.1 Å². The second-order valence-corrected chi connectivity index (χ2v) is 4.85. The van der Waals surface area contributed by atoms with Crippen molar-refractivity contribution in [1.29, 1.82) is 0 Å². The van der Waals surface area contributed by atoms with Crippen LogP contribution in [0.25, 0.3) is 0 Å². The lowest BCUT2D eigenvalue weighted by Crippen LogP contribution is -2.46. The third-order valence-corrected chi connectivity index (χ3v) is 3.63. The highest BCUT2D eigenvalue weighted by Gasteiger charge is 2.24. The van der Waals surface area contributed by atoms with Crippen molar-refractivity contribution in [3.63, 3.8) is 0 Å². The van der Waals surface area contributed by atoms with E-state index in [1.165, 1.54) is 19.3 Å². The molecule has 1 rings (SSSR count). The Hall–Kier alpha value is -0.120. The second-order valence-electron chi connectivity index (χ2n) is 4.85. The van der Waals surface area contributed by atoms with Crippen LogP contribution in [-0.2, 0) is 4.74 Å². The smallest absolute Gasteiger partial charge is 0.0477 e. The van der Waals surface area contributed by atoms with E-state index in [1.54, 1.807) is 0 Å². The Balaban J connectivity index is 1.94. The van der Waals surface area contributed by atoms with E-state index in [4.69, 9.17) is 4.74 Å². The fourth-order valence-electron chi connectivity index (χ4n) is 2.05. The van der Waals surface area contributed by atoms with Crippen LogP contribution in [0.3, 0.4) is 0 Å². The highest BCUT2D eigenvalue weighted by molar-refractivity contribution is 4.81. The average Bonchev–Trinajstić information content (AvgIpc) is 2.20. The van der Waals surface area contributed by atoms with Crippen LogP contribution >= 0.6 is 0 Å². The van der Waals surface area contributed by atoms with E-state index in [0.717, 1.165) is 38.8 Å². The molecule has 0 spiro atoms. The minimum Gasteiger partial charge on any atom is -0.382 e. The van der Waals surface area contributed by atoms with Crippen molar-refractivity contribution in [3.8, 4) is 0 Å². The zero-order valence-corrected chi connectivity index (χ0v) is 11.2. The summed E-state index contributed by atoms with van der Waals surface area (Å²) in [7, 11) is 2.26. The lowest BCUT2D eigenvalue weighted by atomic mass is 9.91. The molecule has 1 aliphatic rings. The Kier molecular flexibility index (Phi) is 7.01. The van der Waals surface area contributed by atoms with Gasteiger partial charge in [0.05, 0.1) is 0 Å². The maximum atomic E-state index is 5.30. The van der Waals surface area contributed by atoms with Crippen LogP contribution in [0.2, 0.25) is 0 Å². The number of nitrogens with zero attached hydrogens (tertiary/aromatic N) is 1. The zero-order valence-electron chi connectivity index (χ0n) is 11.2. The molecule has 0 radical (unpaired) electrons. The van der Waals surface area contributed by atoms with Gasteiger partial charge in [0.2, 0.25) is 0 Å². The predicted octanol–water partition coefficient (Wildman–Crippen LogP) is 1.88. The Morgan fingerprint density at radius 2 is 2.19 bits per heavy atom. The third kappa shape index (κ3) is 4.81. The Labute approximate surface area is 101 Å². The molecular formula is C13H28N2O. The van der Waals surface area contributed by atoms with Gasteiger partial charge >= 0.3 is 0 Å². The zero-order chi connectivity index (χ0) is 11.8. The lowest BCUT2D eigenvalue weighted by Gasteiger charge is -2.38. The first-order chi connectivity index (χ1) is 7.75. The van der Waals surface area contributed by atoms with E-state index in [0.29, 0.717) is 6.04 Å². The van der Waals surface area contributed by atoms with Gasteiger partial charge in [-0.05, 0) is 46.7 Å². The van der Waals surface area contributed by atoms with Crippen LogP contribution in [0.4, 0.5) is 0 Å². The van der Waals surface area contributed by atoms with Crippen LogP contribution in [0.15, 0.2) is 0 Å². The monoisotopic (exact) mass is 228 g/mol. The summed E-state index contributed by atoms with van der Waals surface area (Å²) in [6.07, 6.45) is 5.33. The SMILES string of the molecule is CCOCCCNCC(C)N(C)C1CCC1. The number of hydrogen-bond donors (Lipinski definition) is 1. The molecule has 0 aliphatic heterocycles. The first-order valence-corrected chi connectivity index (χ1v) is 6.76. The minimum atomic E-state index is 0.650. The summed E-state index contributed by atoms with van der Waals surface area (Å²) in [6, 6.07) is 1.50. The molecular weight excluding hydrogens is 200 g/mol. The Bertz CT molecular complexity index is 171. The fraction of sp³-hybridized carbons (Fsp3) is 1.00. The minimum absolute atomic E-state index is 0.650. The molecule has 0 bridgehead atoms. The second kappa shape index (κ2) is 8.04. The lowest BCUT2D eigenvalue weighted by molar-refractivity contribution is 0.115. The molecule has 1 aliphatic carbocycles. The van der Waals surface area contributed by atoms with Gasteiger partial charge in [0.15, 0.2) is 0 Å². The van der Waals surface area contributed by atoms with Gasteiger partial charge in [-0.2, -0.15) is 0 Å². The standard InChI is InChI=1S/C13H28N2O/c1-4-16-10-6-9-14-11-12(2)15(3)13-7-5-8-13/h12-14H,4-11H2,1-3H3. The highest BCUT2D eigenvalue weighted by atomic mass is 16.5. The maximum Gasteiger partial charge on any atom is 0.0477 e. The highest BCUT2D eigenvalue weighted by Crippen LogP contribution is 2.24. The van der Waals surface area contributed by atoms with Crippen molar-refractivity contribution in [2.24, 2.45) is 0 Å². The van der Waals surface area contributed by atoms with Crippen LogP contribution in [0.1, 0.15) is 39.5 Å². The van der Waals surface area contributed by atoms with Gasteiger partial charge in [0.25, 0.3) is 0 Å². The fourth-order valence-corrected chi connectivity index (χ4v) is 2.05. The van der Waals surface area contributed by atoms with Crippen molar-refractivity contribution in [2.45, 2.75) is 51.6 Å². The molecule has 1 fully saturated rings. The summed E-state index contributed by atoms with van der Waals surface area (Å²) in [5.41, 5.74) is 0. The molecule has 3 nitrogen and oxygen atoms in total. The molecule has 1 atom stereocenters. The van der Waals surface area contributed by atoms with Gasteiger partial charge in [-0.1, -0.05) is 6.42 Å². The number of nitrogens with one attached hydrogen (secondary N) is 1. The average molecular weight is 228 g/mol. The molecule has 0 amide bonds. The van der Waals surface area contributed by atoms with Gasteiger partial charge in [0.1, 0.15) is 0 Å². The number of likely N-dealkylation sites (N-methyl/N-ethyl adjacent to an activating group) is 1. The van der Waals surface area contributed by atoms with E-state index in [1.807, 2.05) is 6.92 Å². The van der Waals surface area contributed by atoms with Crippen LogP contribution < -0.4 is 5.32 Å². The molecule has 1 unspecified atom stereocenters. The summed E-state index contributed by atoms with van der Waals surface area (Å²) < 4.78 is 5.30. The van der Waals surface area contributed by atoms with Crippen molar-refractivity contribution in [3.05, 3.63) is 0 Å². The predicted molar refractivity (Wildman–Crippen MR) is 68.8 cm³/mol. The molecule has 0 saturated heterocycles. The molecule has 0 aromatic heterocycles. The largest absolute Gasteiger partial charge is 0.382 e. The van der Waals surface area contributed by atoms with Gasteiger partial charge in [0, 0.05) is 31.8 Å². The van der Waals surface area contributed by atoms with Crippen molar-refractivity contribution < 1.29 is 4.74 Å². The van der Waals surface area contributed by atoms with E-state index in [-0.39, 0.29) is 0 Å². The van der Waals surface area contributed by atoms with Crippen LogP contribution in [0, 0.1) is 0 Å². The quantitative estimate of drug-likeness (QED) is 0.610. The Morgan fingerprint density at radius 1 is 1.44 bits per heavy atom. The maximum absolute atomic E-state index is 5.30. The molecule has 1 saturated carbocycles. The molecule has 1 N–H and O–H groups in total. The van der Waals surface area contributed by atoms with Crippen molar-refractivity contribution in [1.82, 2.24) is 10.2 Å². The van der Waals surface area contributed by atoms with E-state index in [9.17, 15) is 0 Å². The Morgan fingerprint density at radius 3 is 2.75 bits per heavy atom. The van der Waals surface area contributed by atoms with E-state index < -0.39 is 0 Å². The summed E-state index contributed by atoms with van der Waals surface area (Å²) >= 11 is 0. The number of rotatable bonds is 9. The topological polar surface area (TPSA) is 24.5 Å². The summed E-state index contributed by atoms with van der Waals surface area (Å²) in [5, 5.41) is 3.51. The number of hydrogen-bond acceptors (Lipinski definition) is 3. The molecule has 0 aromatic carbocycles. The van der Waals surface area contributed by atoms with Crippen molar-refractivity contribution >= 4 is 0 Å². The van der Waals surface area contributed by atoms with Crippen LogP contribution in [-0.4, -0.2) is 50.3 Å². The van der Waals surface area contributed by atoms with Crippen LogP contribution in [0.5, 0.6) is 0 Å². The third-order valence-electron chi connectivity index (χ3n) is 3.63. The van der Waals surface area contributed by atoms with E-state index in [2.05, 4.69) is 24.2 Å². The first kappa shape index (κ1) is 13.9. The summed E-state index contributed by atoms with van der Waals surface area (Å²) in [6.45, 7) is 8.25. The van der Waals surface area contributed by atoms with Gasteiger partial charge in [-0.15, -0.1) is 0 Å². The summed E-state index contributed by atoms with van der Waals surface area (Å²) in [5.74, 6) is 0.